The Kier molecular flexibility index (Phi) is 7.63. The molecule has 0 bridgehead atoms. The third-order valence-corrected chi connectivity index (χ3v) is 5.59. The van der Waals surface area contributed by atoms with E-state index in [4.69, 9.17) is 0 Å². The summed E-state index contributed by atoms with van der Waals surface area (Å²) in [7, 11) is 0. The molecule has 1 fully saturated rings. The van der Waals surface area contributed by atoms with Crippen LogP contribution in [0.25, 0.3) is 0 Å². The lowest BCUT2D eigenvalue weighted by molar-refractivity contribution is 0.134. The van der Waals surface area contributed by atoms with Crippen molar-refractivity contribution in [3.63, 3.8) is 0 Å². The Morgan fingerprint density at radius 2 is 1.92 bits per heavy atom. The van der Waals surface area contributed by atoms with E-state index >= 15 is 0 Å². The van der Waals surface area contributed by atoms with Crippen molar-refractivity contribution < 1.29 is 10.2 Å². The summed E-state index contributed by atoms with van der Waals surface area (Å²) >= 11 is 1.49. The van der Waals surface area contributed by atoms with E-state index in [1.807, 2.05) is 24.5 Å². The monoisotopic (exact) mass is 379 g/mol. The van der Waals surface area contributed by atoms with Gasteiger partial charge in [0.1, 0.15) is 5.75 Å². The van der Waals surface area contributed by atoms with E-state index in [-0.39, 0.29) is 24.2 Å². The number of phenolic OH excluding ortho intramolecular Hbond substituents is 1. The van der Waals surface area contributed by atoms with Gasteiger partial charge in [-0.3, -0.25) is 0 Å². The normalized spacial score (nSPS) is 20.9. The summed E-state index contributed by atoms with van der Waals surface area (Å²) in [6.07, 6.45) is 5.64. The highest BCUT2D eigenvalue weighted by atomic mass is 35.5. The second kappa shape index (κ2) is 9.48. The third kappa shape index (κ3) is 5.14. The SMILES string of the molecule is CSc1cc(C(O)C2CCC(CCc3ccccc3)N2)ccc1O.Cl. The van der Waals surface area contributed by atoms with Gasteiger partial charge in [0.15, 0.2) is 0 Å². The summed E-state index contributed by atoms with van der Waals surface area (Å²) in [5, 5.41) is 24.1. The fourth-order valence-corrected chi connectivity index (χ4v) is 3.95. The lowest BCUT2D eigenvalue weighted by Gasteiger charge is -2.21. The van der Waals surface area contributed by atoms with Gasteiger partial charge >= 0.3 is 0 Å². The molecule has 1 aliphatic rings. The molecule has 0 radical (unpaired) electrons. The predicted molar refractivity (Wildman–Crippen MR) is 107 cm³/mol. The first-order chi connectivity index (χ1) is 11.7. The molecule has 1 saturated heterocycles. The highest BCUT2D eigenvalue weighted by Crippen LogP contribution is 2.32. The second-order valence-electron chi connectivity index (χ2n) is 6.45. The Labute approximate surface area is 160 Å². The first-order valence-electron chi connectivity index (χ1n) is 8.52. The van der Waals surface area contributed by atoms with E-state index in [0.717, 1.165) is 36.1 Å². The van der Waals surface area contributed by atoms with E-state index in [9.17, 15) is 10.2 Å². The number of phenols is 1. The van der Waals surface area contributed by atoms with Crippen LogP contribution in [-0.4, -0.2) is 28.6 Å². The number of hydrogen-bond acceptors (Lipinski definition) is 4. The predicted octanol–water partition coefficient (Wildman–Crippen LogP) is 4.32. The average molecular weight is 380 g/mol. The smallest absolute Gasteiger partial charge is 0.129 e. The number of rotatable bonds is 6. The first kappa shape index (κ1) is 20.1. The van der Waals surface area contributed by atoms with E-state index in [1.54, 1.807) is 6.07 Å². The molecular formula is C20H26ClNO2S. The molecule has 3 rings (SSSR count). The van der Waals surface area contributed by atoms with E-state index in [2.05, 4.69) is 29.6 Å². The van der Waals surface area contributed by atoms with Crippen LogP contribution in [0.2, 0.25) is 0 Å². The van der Waals surface area contributed by atoms with Gasteiger partial charge in [-0.1, -0.05) is 36.4 Å². The standard InChI is InChI=1S/C20H25NO2S.ClH/c1-24-19-13-15(8-12-18(19)22)20(23)17-11-10-16(21-17)9-7-14-5-3-2-4-6-14;/h2-6,8,12-13,16-17,20-23H,7,9-11H2,1H3;1H. The molecule has 1 aliphatic heterocycles. The molecule has 2 aromatic rings. The lowest BCUT2D eigenvalue weighted by atomic mass is 10.0. The van der Waals surface area contributed by atoms with Gasteiger partial charge in [-0.2, -0.15) is 0 Å². The molecule has 0 aromatic heterocycles. The van der Waals surface area contributed by atoms with Crippen molar-refractivity contribution in [1.82, 2.24) is 5.32 Å². The summed E-state index contributed by atoms with van der Waals surface area (Å²) in [5.41, 5.74) is 2.24. The van der Waals surface area contributed by atoms with Crippen molar-refractivity contribution in [3.05, 3.63) is 59.7 Å². The minimum Gasteiger partial charge on any atom is -0.507 e. The molecule has 0 saturated carbocycles. The summed E-state index contributed by atoms with van der Waals surface area (Å²) in [5.74, 6) is 0.276. The second-order valence-corrected chi connectivity index (χ2v) is 7.30. The Bertz CT molecular complexity index is 668. The van der Waals surface area contributed by atoms with Crippen molar-refractivity contribution in [3.8, 4) is 5.75 Å². The van der Waals surface area contributed by atoms with Crippen LogP contribution >= 0.6 is 24.2 Å². The molecule has 5 heteroatoms. The quantitative estimate of drug-likeness (QED) is 0.654. The lowest BCUT2D eigenvalue weighted by Crippen LogP contribution is -2.34. The molecule has 0 spiro atoms. The van der Waals surface area contributed by atoms with Crippen molar-refractivity contribution in [2.24, 2.45) is 0 Å². The Morgan fingerprint density at radius 3 is 2.64 bits per heavy atom. The van der Waals surface area contributed by atoms with Crippen molar-refractivity contribution in [2.75, 3.05) is 6.26 Å². The van der Waals surface area contributed by atoms with Crippen LogP contribution in [0, 0.1) is 0 Å². The Hall–Kier alpha value is -1.20. The van der Waals surface area contributed by atoms with Crippen LogP contribution in [0.1, 0.15) is 36.5 Å². The number of aliphatic hydroxyl groups excluding tert-OH is 1. The van der Waals surface area contributed by atoms with E-state index < -0.39 is 6.10 Å². The first-order valence-corrected chi connectivity index (χ1v) is 9.75. The molecule has 136 valence electrons. The number of aliphatic hydroxyl groups is 1. The highest BCUT2D eigenvalue weighted by Gasteiger charge is 2.29. The number of nitrogens with one attached hydrogen (secondary N) is 1. The van der Waals surface area contributed by atoms with Gasteiger partial charge < -0.3 is 15.5 Å². The highest BCUT2D eigenvalue weighted by molar-refractivity contribution is 7.98. The largest absolute Gasteiger partial charge is 0.507 e. The minimum atomic E-state index is -0.529. The van der Waals surface area contributed by atoms with Crippen molar-refractivity contribution in [1.29, 1.82) is 0 Å². The topological polar surface area (TPSA) is 52.5 Å². The zero-order valence-corrected chi connectivity index (χ0v) is 16.0. The molecule has 25 heavy (non-hydrogen) atoms. The summed E-state index contributed by atoms with van der Waals surface area (Å²) in [4.78, 5) is 0.810. The zero-order valence-electron chi connectivity index (χ0n) is 14.4. The Morgan fingerprint density at radius 1 is 1.16 bits per heavy atom. The van der Waals surface area contributed by atoms with Crippen LogP contribution in [0.4, 0.5) is 0 Å². The number of aryl methyl sites for hydroxylation is 1. The maximum Gasteiger partial charge on any atom is 0.129 e. The van der Waals surface area contributed by atoms with Crippen LogP contribution in [0.3, 0.4) is 0 Å². The number of benzene rings is 2. The number of thioether (sulfide) groups is 1. The van der Waals surface area contributed by atoms with Crippen LogP contribution in [-0.2, 0) is 6.42 Å². The van der Waals surface area contributed by atoms with E-state index in [1.165, 1.54) is 17.3 Å². The summed E-state index contributed by atoms with van der Waals surface area (Å²) < 4.78 is 0. The maximum absolute atomic E-state index is 10.7. The number of aromatic hydroxyl groups is 1. The molecule has 1 heterocycles. The van der Waals surface area contributed by atoms with E-state index in [0.29, 0.717) is 6.04 Å². The minimum absolute atomic E-state index is 0. The fraction of sp³-hybridized carbons (Fsp3) is 0.400. The van der Waals surface area contributed by atoms with Gasteiger partial charge in [-0.15, -0.1) is 24.2 Å². The maximum atomic E-state index is 10.7. The molecule has 3 atom stereocenters. The van der Waals surface area contributed by atoms with Crippen molar-refractivity contribution >= 4 is 24.2 Å². The van der Waals surface area contributed by atoms with Crippen molar-refractivity contribution in [2.45, 2.75) is 48.8 Å². The Balaban J connectivity index is 0.00000225. The van der Waals surface area contributed by atoms with Crippen LogP contribution in [0.15, 0.2) is 53.4 Å². The molecule has 3 nitrogen and oxygen atoms in total. The molecule has 2 aromatic carbocycles. The van der Waals surface area contributed by atoms with Crippen LogP contribution < -0.4 is 5.32 Å². The van der Waals surface area contributed by atoms with Gasteiger partial charge in [0.25, 0.3) is 0 Å². The molecule has 3 N–H and O–H groups in total. The molecule has 3 unspecified atom stereocenters. The molecule has 0 aliphatic carbocycles. The number of hydrogen-bond donors (Lipinski definition) is 3. The summed E-state index contributed by atoms with van der Waals surface area (Å²) in [6.45, 7) is 0. The van der Waals surface area contributed by atoms with Crippen LogP contribution in [0.5, 0.6) is 5.75 Å². The summed E-state index contributed by atoms with van der Waals surface area (Å²) in [6, 6.07) is 16.5. The van der Waals surface area contributed by atoms with Gasteiger partial charge in [0, 0.05) is 17.0 Å². The van der Waals surface area contributed by atoms with Gasteiger partial charge in [0.2, 0.25) is 0 Å². The third-order valence-electron chi connectivity index (χ3n) is 4.83. The fourth-order valence-electron chi connectivity index (χ4n) is 3.42. The zero-order chi connectivity index (χ0) is 16.9. The molecular weight excluding hydrogens is 354 g/mol. The van der Waals surface area contributed by atoms with Gasteiger partial charge in [-0.05, 0) is 55.2 Å². The molecule has 0 amide bonds. The van der Waals surface area contributed by atoms with Gasteiger partial charge in [0.05, 0.1) is 6.10 Å². The number of halogens is 1. The van der Waals surface area contributed by atoms with Gasteiger partial charge in [-0.25, -0.2) is 0 Å². The average Bonchev–Trinajstić information content (AvgIpc) is 3.10.